The van der Waals surface area contributed by atoms with Crippen LogP contribution in [0.4, 0.5) is 0 Å². The van der Waals surface area contributed by atoms with Gasteiger partial charge in [0.15, 0.2) is 5.78 Å². The summed E-state index contributed by atoms with van der Waals surface area (Å²) in [6.45, 7) is 8.07. The largest absolute Gasteiger partial charge is 0.496 e. The standard InChI is InChI=1S/C20H26O3/c1-12(21)14-10-13-6-7-17-19(2,3)18(22)8-9-20(17,4)15(13)11-16(14)23-5/h10-11,17H,6-9H2,1-5H3/t17-,20+/m0/s1. The molecule has 1 fully saturated rings. The zero-order valence-electron chi connectivity index (χ0n) is 14.8. The van der Waals surface area contributed by atoms with E-state index in [-0.39, 0.29) is 16.6 Å². The second kappa shape index (κ2) is 5.19. The average molecular weight is 314 g/mol. The number of Topliss-reactive ketones (excluding diaryl/α,β-unsaturated/α-hetero) is 2. The molecule has 3 heteroatoms. The average Bonchev–Trinajstić information content (AvgIpc) is 2.50. The summed E-state index contributed by atoms with van der Waals surface area (Å²) in [6, 6.07) is 4.07. The van der Waals surface area contributed by atoms with Gasteiger partial charge < -0.3 is 4.74 Å². The minimum atomic E-state index is -0.281. The summed E-state index contributed by atoms with van der Waals surface area (Å²) in [5.41, 5.74) is 2.89. The highest BCUT2D eigenvalue weighted by molar-refractivity contribution is 5.97. The number of carbonyl (C=O) groups is 2. The third-order valence-electron chi connectivity index (χ3n) is 6.35. The van der Waals surface area contributed by atoms with E-state index >= 15 is 0 Å². The van der Waals surface area contributed by atoms with Crippen molar-refractivity contribution in [2.45, 2.75) is 58.8 Å². The molecule has 23 heavy (non-hydrogen) atoms. The normalized spacial score (nSPS) is 28.7. The minimum absolute atomic E-state index is 0.0202. The molecule has 3 nitrogen and oxygen atoms in total. The van der Waals surface area contributed by atoms with E-state index in [1.807, 2.05) is 6.07 Å². The molecule has 0 aromatic heterocycles. The van der Waals surface area contributed by atoms with Crippen molar-refractivity contribution in [1.29, 1.82) is 0 Å². The van der Waals surface area contributed by atoms with Gasteiger partial charge in [0.1, 0.15) is 11.5 Å². The molecule has 3 rings (SSSR count). The lowest BCUT2D eigenvalue weighted by molar-refractivity contribution is -0.137. The van der Waals surface area contributed by atoms with Crippen molar-refractivity contribution < 1.29 is 14.3 Å². The van der Waals surface area contributed by atoms with Crippen LogP contribution in [0, 0.1) is 11.3 Å². The van der Waals surface area contributed by atoms with Crippen LogP contribution < -0.4 is 4.74 Å². The highest BCUT2D eigenvalue weighted by Gasteiger charge is 2.53. The van der Waals surface area contributed by atoms with Crippen LogP contribution >= 0.6 is 0 Å². The van der Waals surface area contributed by atoms with E-state index in [0.29, 0.717) is 29.4 Å². The van der Waals surface area contributed by atoms with Gasteiger partial charge in [0.25, 0.3) is 0 Å². The van der Waals surface area contributed by atoms with Crippen LogP contribution in [0.5, 0.6) is 5.75 Å². The van der Waals surface area contributed by atoms with Gasteiger partial charge in [-0.05, 0) is 60.8 Å². The maximum absolute atomic E-state index is 12.4. The Bertz CT molecular complexity index is 686. The predicted octanol–water partition coefficient (Wildman–Crippen LogP) is 4.11. The molecule has 2 atom stereocenters. The molecular formula is C20H26O3. The lowest BCUT2D eigenvalue weighted by Gasteiger charge is -2.53. The van der Waals surface area contributed by atoms with Crippen molar-refractivity contribution in [2.24, 2.45) is 11.3 Å². The third-order valence-corrected chi connectivity index (χ3v) is 6.35. The Hall–Kier alpha value is -1.64. The topological polar surface area (TPSA) is 43.4 Å². The van der Waals surface area contributed by atoms with Gasteiger partial charge in [-0.3, -0.25) is 9.59 Å². The van der Waals surface area contributed by atoms with E-state index in [2.05, 4.69) is 26.8 Å². The molecule has 0 saturated heterocycles. The zero-order chi connectivity index (χ0) is 17.0. The van der Waals surface area contributed by atoms with Crippen LogP contribution in [-0.2, 0) is 16.6 Å². The molecule has 0 unspecified atom stereocenters. The fraction of sp³-hybridized carbons (Fsp3) is 0.600. The lowest BCUT2D eigenvalue weighted by Crippen LogP contribution is -2.52. The summed E-state index contributed by atoms with van der Waals surface area (Å²) in [7, 11) is 1.62. The molecule has 0 spiro atoms. The van der Waals surface area contributed by atoms with E-state index < -0.39 is 0 Å². The van der Waals surface area contributed by atoms with Gasteiger partial charge in [-0.1, -0.05) is 20.8 Å². The fourth-order valence-corrected chi connectivity index (χ4v) is 4.97. The monoisotopic (exact) mass is 314 g/mol. The van der Waals surface area contributed by atoms with Crippen molar-refractivity contribution in [2.75, 3.05) is 7.11 Å². The van der Waals surface area contributed by atoms with Crippen molar-refractivity contribution in [3.63, 3.8) is 0 Å². The first-order valence-electron chi connectivity index (χ1n) is 8.47. The Morgan fingerprint density at radius 1 is 1.22 bits per heavy atom. The highest BCUT2D eigenvalue weighted by Crippen LogP contribution is 2.56. The molecule has 0 aliphatic heterocycles. The number of carbonyl (C=O) groups excluding carboxylic acids is 2. The van der Waals surface area contributed by atoms with Crippen molar-refractivity contribution in [1.82, 2.24) is 0 Å². The van der Waals surface area contributed by atoms with E-state index in [4.69, 9.17) is 4.74 Å². The van der Waals surface area contributed by atoms with Gasteiger partial charge in [-0.15, -0.1) is 0 Å². The number of aryl methyl sites for hydroxylation is 1. The van der Waals surface area contributed by atoms with Crippen LogP contribution in [0.1, 0.15) is 68.4 Å². The number of ether oxygens (including phenoxy) is 1. The van der Waals surface area contributed by atoms with Gasteiger partial charge in [0, 0.05) is 11.8 Å². The Balaban J connectivity index is 2.17. The van der Waals surface area contributed by atoms with E-state index in [0.717, 1.165) is 19.3 Å². The van der Waals surface area contributed by atoms with Gasteiger partial charge >= 0.3 is 0 Å². The molecule has 0 amide bonds. The molecule has 2 aliphatic carbocycles. The number of hydrogen-bond acceptors (Lipinski definition) is 3. The highest BCUT2D eigenvalue weighted by atomic mass is 16.5. The second-order valence-electron chi connectivity index (χ2n) is 7.92. The van der Waals surface area contributed by atoms with Crippen molar-refractivity contribution >= 4 is 11.6 Å². The van der Waals surface area contributed by atoms with Crippen LogP contribution in [0.2, 0.25) is 0 Å². The van der Waals surface area contributed by atoms with E-state index in [1.165, 1.54) is 11.1 Å². The van der Waals surface area contributed by atoms with Gasteiger partial charge in [-0.25, -0.2) is 0 Å². The summed E-state index contributed by atoms with van der Waals surface area (Å²) in [5.74, 6) is 1.43. The van der Waals surface area contributed by atoms with Gasteiger partial charge in [0.05, 0.1) is 12.7 Å². The van der Waals surface area contributed by atoms with Crippen LogP contribution in [0.3, 0.4) is 0 Å². The number of hydrogen-bond donors (Lipinski definition) is 0. The summed E-state index contributed by atoms with van der Waals surface area (Å²) < 4.78 is 5.48. The molecule has 1 aromatic carbocycles. The first-order valence-corrected chi connectivity index (χ1v) is 8.47. The predicted molar refractivity (Wildman–Crippen MR) is 90.2 cm³/mol. The first-order chi connectivity index (χ1) is 10.7. The van der Waals surface area contributed by atoms with E-state index in [9.17, 15) is 9.59 Å². The number of ketones is 2. The quantitative estimate of drug-likeness (QED) is 0.772. The molecule has 2 aliphatic rings. The summed E-state index contributed by atoms with van der Waals surface area (Å²) in [5, 5.41) is 0. The number of benzene rings is 1. The van der Waals surface area contributed by atoms with Crippen LogP contribution in [0.15, 0.2) is 12.1 Å². The molecule has 0 heterocycles. The van der Waals surface area contributed by atoms with Crippen LogP contribution in [-0.4, -0.2) is 18.7 Å². The maximum Gasteiger partial charge on any atom is 0.163 e. The Labute approximate surface area is 138 Å². The molecule has 0 radical (unpaired) electrons. The first kappa shape index (κ1) is 16.2. The second-order valence-corrected chi connectivity index (χ2v) is 7.92. The SMILES string of the molecule is COc1cc2c(cc1C(C)=O)CC[C@H]1C(C)(C)C(=O)CC[C@]21C. The number of methoxy groups -OCH3 is 1. The number of rotatable bonds is 2. The molecule has 0 N–H and O–H groups in total. The van der Waals surface area contributed by atoms with Gasteiger partial charge in [-0.2, -0.15) is 0 Å². The molecule has 0 bridgehead atoms. The molecule has 124 valence electrons. The van der Waals surface area contributed by atoms with E-state index in [1.54, 1.807) is 14.0 Å². The zero-order valence-corrected chi connectivity index (χ0v) is 14.8. The molecule has 1 saturated carbocycles. The Morgan fingerprint density at radius 2 is 1.91 bits per heavy atom. The maximum atomic E-state index is 12.4. The lowest BCUT2D eigenvalue weighted by atomic mass is 9.50. The summed E-state index contributed by atoms with van der Waals surface area (Å²) >= 11 is 0. The fourth-order valence-electron chi connectivity index (χ4n) is 4.97. The minimum Gasteiger partial charge on any atom is -0.496 e. The van der Waals surface area contributed by atoms with Crippen LogP contribution in [0.25, 0.3) is 0 Å². The van der Waals surface area contributed by atoms with Crippen molar-refractivity contribution in [3.8, 4) is 5.75 Å². The van der Waals surface area contributed by atoms with Gasteiger partial charge in [0.2, 0.25) is 0 Å². The number of fused-ring (bicyclic) bond motifs is 3. The van der Waals surface area contributed by atoms with Crippen molar-refractivity contribution in [3.05, 3.63) is 28.8 Å². The molecular weight excluding hydrogens is 288 g/mol. The Kier molecular flexibility index (Phi) is 3.66. The summed E-state index contributed by atoms with van der Waals surface area (Å²) in [4.78, 5) is 24.3. The third kappa shape index (κ3) is 2.24. The summed E-state index contributed by atoms with van der Waals surface area (Å²) in [6.07, 6.45) is 3.45. The Morgan fingerprint density at radius 3 is 2.52 bits per heavy atom. The smallest absolute Gasteiger partial charge is 0.163 e. The molecule has 1 aromatic rings.